The Kier molecular flexibility index (Phi) is 5.90. The molecule has 0 radical (unpaired) electrons. The zero-order valence-corrected chi connectivity index (χ0v) is 17.9. The van der Waals surface area contributed by atoms with Crippen molar-refractivity contribution in [2.75, 3.05) is 18.4 Å². The molecule has 2 aromatic carbocycles. The molecule has 1 fully saturated rings. The first kappa shape index (κ1) is 20.2. The number of likely N-dealkylation sites (tertiary alicyclic amines) is 1. The molecule has 7 heteroatoms. The van der Waals surface area contributed by atoms with Crippen molar-refractivity contribution in [1.82, 2.24) is 15.1 Å². The van der Waals surface area contributed by atoms with Gasteiger partial charge in [0.1, 0.15) is 5.01 Å². The Balaban J connectivity index is 1.43. The largest absolute Gasteiger partial charge is 0.338 e. The molecule has 1 aromatic heterocycles. The number of piperidine rings is 1. The maximum absolute atomic E-state index is 12.9. The highest BCUT2D eigenvalue weighted by Crippen LogP contribution is 2.30. The van der Waals surface area contributed by atoms with Gasteiger partial charge in [0.05, 0.1) is 0 Å². The average Bonchev–Trinajstić information content (AvgIpc) is 3.25. The summed E-state index contributed by atoms with van der Waals surface area (Å²) >= 11 is 1.31. The third-order valence-electron chi connectivity index (χ3n) is 5.27. The van der Waals surface area contributed by atoms with Crippen molar-refractivity contribution in [3.05, 3.63) is 75.2 Å². The summed E-state index contributed by atoms with van der Waals surface area (Å²) in [6, 6.07) is 15.3. The normalized spacial score (nSPS) is 16.3. The summed E-state index contributed by atoms with van der Waals surface area (Å²) in [5.74, 6) is -0.109. The molecule has 0 aliphatic carbocycles. The molecular weight excluding hydrogens is 396 g/mol. The molecule has 0 saturated carbocycles. The molecule has 1 atom stereocenters. The molecule has 0 bridgehead atoms. The van der Waals surface area contributed by atoms with Crippen molar-refractivity contribution in [1.29, 1.82) is 0 Å². The van der Waals surface area contributed by atoms with Crippen LogP contribution in [-0.2, 0) is 0 Å². The Morgan fingerprint density at radius 2 is 1.87 bits per heavy atom. The molecule has 1 aliphatic heterocycles. The first-order valence-corrected chi connectivity index (χ1v) is 10.9. The van der Waals surface area contributed by atoms with Crippen molar-refractivity contribution in [2.45, 2.75) is 32.6 Å². The van der Waals surface area contributed by atoms with Gasteiger partial charge in [-0.25, -0.2) is 0 Å². The number of aryl methyl sites for hydroxylation is 2. The highest BCUT2D eigenvalue weighted by molar-refractivity contribution is 7.13. The minimum absolute atomic E-state index is 0.0465. The summed E-state index contributed by atoms with van der Waals surface area (Å²) in [6.07, 6.45) is 1.85. The second-order valence-corrected chi connectivity index (χ2v) is 8.73. The van der Waals surface area contributed by atoms with Crippen LogP contribution in [0.2, 0.25) is 0 Å². The zero-order valence-electron chi connectivity index (χ0n) is 17.1. The van der Waals surface area contributed by atoms with Crippen molar-refractivity contribution in [2.24, 2.45) is 0 Å². The van der Waals surface area contributed by atoms with Gasteiger partial charge in [-0.3, -0.25) is 9.59 Å². The quantitative estimate of drug-likeness (QED) is 0.678. The van der Waals surface area contributed by atoms with Crippen LogP contribution in [0, 0.1) is 13.8 Å². The lowest BCUT2D eigenvalue weighted by atomic mass is 9.98. The average molecular weight is 421 g/mol. The first-order valence-electron chi connectivity index (χ1n) is 10.1. The van der Waals surface area contributed by atoms with Crippen LogP contribution in [0.3, 0.4) is 0 Å². The molecular formula is C23H24N4O2S. The predicted molar refractivity (Wildman–Crippen MR) is 118 cm³/mol. The lowest BCUT2D eigenvalue weighted by Crippen LogP contribution is -2.39. The fourth-order valence-electron chi connectivity index (χ4n) is 3.64. The van der Waals surface area contributed by atoms with Gasteiger partial charge in [0.15, 0.2) is 0 Å². The van der Waals surface area contributed by atoms with Gasteiger partial charge >= 0.3 is 0 Å². The van der Waals surface area contributed by atoms with Crippen LogP contribution in [0.1, 0.15) is 55.1 Å². The van der Waals surface area contributed by atoms with Crippen molar-refractivity contribution in [3.63, 3.8) is 0 Å². The van der Waals surface area contributed by atoms with E-state index in [1.165, 1.54) is 11.3 Å². The lowest BCUT2D eigenvalue weighted by Gasteiger charge is -2.31. The Morgan fingerprint density at radius 3 is 2.63 bits per heavy atom. The van der Waals surface area contributed by atoms with E-state index < -0.39 is 0 Å². The Morgan fingerprint density at radius 1 is 1.07 bits per heavy atom. The Labute approximate surface area is 180 Å². The van der Waals surface area contributed by atoms with Crippen LogP contribution in [0.15, 0.2) is 48.5 Å². The first-order chi connectivity index (χ1) is 14.5. The van der Waals surface area contributed by atoms with E-state index >= 15 is 0 Å². The molecule has 1 unspecified atom stereocenters. The van der Waals surface area contributed by atoms with Crippen LogP contribution >= 0.6 is 11.3 Å². The molecule has 2 amide bonds. The lowest BCUT2D eigenvalue weighted by molar-refractivity contribution is 0.0706. The van der Waals surface area contributed by atoms with Gasteiger partial charge in [-0.2, -0.15) is 0 Å². The summed E-state index contributed by atoms with van der Waals surface area (Å²) in [5, 5.41) is 12.4. The molecule has 30 heavy (non-hydrogen) atoms. The molecule has 2 heterocycles. The maximum atomic E-state index is 12.9. The van der Waals surface area contributed by atoms with Gasteiger partial charge in [0.25, 0.3) is 11.8 Å². The highest BCUT2D eigenvalue weighted by Gasteiger charge is 2.28. The molecule has 4 rings (SSSR count). The molecule has 0 spiro atoms. The van der Waals surface area contributed by atoms with E-state index in [1.807, 2.05) is 67.3 Å². The molecule has 154 valence electrons. The topological polar surface area (TPSA) is 75.2 Å². The van der Waals surface area contributed by atoms with Gasteiger partial charge in [-0.1, -0.05) is 46.7 Å². The van der Waals surface area contributed by atoms with Gasteiger partial charge in [0.2, 0.25) is 5.01 Å². The van der Waals surface area contributed by atoms with E-state index in [4.69, 9.17) is 0 Å². The number of rotatable bonds is 4. The van der Waals surface area contributed by atoms with Crippen LogP contribution in [0.4, 0.5) is 5.69 Å². The Hall–Kier alpha value is -3.06. The number of anilines is 1. The molecule has 1 N–H and O–H groups in total. The minimum Gasteiger partial charge on any atom is -0.338 e. The number of hydrogen-bond acceptors (Lipinski definition) is 5. The monoisotopic (exact) mass is 420 g/mol. The predicted octanol–water partition coefficient (Wildman–Crippen LogP) is 4.43. The van der Waals surface area contributed by atoms with E-state index in [1.54, 1.807) is 0 Å². The molecule has 1 saturated heterocycles. The standard InChI is InChI=1S/C23H24N4O2S/c1-15-8-10-19(11-9-15)24-20(28)22-26-25-21(30-22)18-7-4-12-27(14-18)23(29)17-6-3-5-16(2)13-17/h3,5-6,8-11,13,18H,4,7,12,14H2,1-2H3,(H,24,28). The number of carbonyl (C=O) groups excluding carboxylic acids is 2. The summed E-state index contributed by atoms with van der Waals surface area (Å²) in [7, 11) is 0. The van der Waals surface area contributed by atoms with E-state index in [-0.39, 0.29) is 17.7 Å². The maximum Gasteiger partial charge on any atom is 0.286 e. The summed E-state index contributed by atoms with van der Waals surface area (Å²) in [6.45, 7) is 5.32. The third kappa shape index (κ3) is 4.57. The smallest absolute Gasteiger partial charge is 0.286 e. The van der Waals surface area contributed by atoms with Crippen LogP contribution in [-0.4, -0.2) is 40.0 Å². The van der Waals surface area contributed by atoms with E-state index in [9.17, 15) is 9.59 Å². The Bertz CT molecular complexity index is 1060. The summed E-state index contributed by atoms with van der Waals surface area (Å²) < 4.78 is 0. The minimum atomic E-state index is -0.258. The summed E-state index contributed by atoms with van der Waals surface area (Å²) in [4.78, 5) is 27.3. The zero-order chi connectivity index (χ0) is 21.1. The van der Waals surface area contributed by atoms with Crippen LogP contribution in [0.25, 0.3) is 0 Å². The number of nitrogens with zero attached hydrogens (tertiary/aromatic N) is 3. The number of hydrogen-bond donors (Lipinski definition) is 1. The van der Waals surface area contributed by atoms with Gasteiger partial charge < -0.3 is 10.2 Å². The van der Waals surface area contributed by atoms with Crippen molar-refractivity contribution in [3.8, 4) is 0 Å². The second-order valence-electron chi connectivity index (χ2n) is 7.73. The number of carbonyl (C=O) groups is 2. The van der Waals surface area contributed by atoms with E-state index in [0.717, 1.165) is 41.2 Å². The van der Waals surface area contributed by atoms with Gasteiger partial charge in [-0.05, 0) is 51.0 Å². The van der Waals surface area contributed by atoms with E-state index in [2.05, 4.69) is 15.5 Å². The van der Waals surface area contributed by atoms with E-state index in [0.29, 0.717) is 17.1 Å². The highest BCUT2D eigenvalue weighted by atomic mass is 32.1. The van der Waals surface area contributed by atoms with Gasteiger partial charge in [0, 0.05) is 30.3 Å². The van der Waals surface area contributed by atoms with Crippen LogP contribution in [0.5, 0.6) is 0 Å². The summed E-state index contributed by atoms with van der Waals surface area (Å²) in [5.41, 5.74) is 3.65. The third-order valence-corrected chi connectivity index (χ3v) is 6.35. The van der Waals surface area contributed by atoms with Crippen molar-refractivity contribution < 1.29 is 9.59 Å². The van der Waals surface area contributed by atoms with Gasteiger partial charge in [-0.15, -0.1) is 10.2 Å². The second kappa shape index (κ2) is 8.75. The number of nitrogens with one attached hydrogen (secondary N) is 1. The SMILES string of the molecule is Cc1ccc(NC(=O)c2nnc(C3CCCN(C(=O)c4cccc(C)c4)C3)s2)cc1. The molecule has 3 aromatic rings. The van der Waals surface area contributed by atoms with Crippen molar-refractivity contribution >= 4 is 28.8 Å². The molecule has 6 nitrogen and oxygen atoms in total. The van der Waals surface area contributed by atoms with Crippen LogP contribution < -0.4 is 5.32 Å². The number of benzene rings is 2. The number of amides is 2. The fourth-order valence-corrected chi connectivity index (χ4v) is 4.50. The molecule has 1 aliphatic rings. The fraction of sp³-hybridized carbons (Fsp3) is 0.304. The number of aromatic nitrogens is 2.